The minimum Gasteiger partial charge on any atom is -0.492 e. The third-order valence-electron chi connectivity index (χ3n) is 3.01. The van der Waals surface area contributed by atoms with Gasteiger partial charge in [-0.1, -0.05) is 24.3 Å². The normalized spacial score (nSPS) is 10.7. The zero-order chi connectivity index (χ0) is 13.7. The SMILES string of the molecule is CCc1c(CN)nnn1CCOc1cccc(C)c1. The number of aromatic nitrogens is 3. The van der Waals surface area contributed by atoms with Gasteiger partial charge in [-0.3, -0.25) is 0 Å². The molecule has 1 heterocycles. The van der Waals surface area contributed by atoms with Gasteiger partial charge in [0.1, 0.15) is 12.4 Å². The molecule has 2 rings (SSSR count). The molecule has 0 fully saturated rings. The predicted molar refractivity (Wildman–Crippen MR) is 74.0 cm³/mol. The molecule has 0 aliphatic rings. The molecule has 5 heteroatoms. The standard InChI is InChI=1S/C14H20N4O/c1-3-14-13(10-15)16-17-18(14)7-8-19-12-6-4-5-11(2)9-12/h4-6,9H,3,7-8,10,15H2,1-2H3. The Kier molecular flexibility index (Phi) is 4.52. The van der Waals surface area contributed by atoms with Crippen LogP contribution in [0.2, 0.25) is 0 Å². The molecule has 0 bridgehead atoms. The molecule has 0 aliphatic heterocycles. The summed E-state index contributed by atoms with van der Waals surface area (Å²) >= 11 is 0. The average molecular weight is 260 g/mol. The van der Waals surface area contributed by atoms with Crippen molar-refractivity contribution in [1.82, 2.24) is 15.0 Å². The van der Waals surface area contributed by atoms with Crippen molar-refractivity contribution in [3.63, 3.8) is 0 Å². The number of hydrogen-bond donors (Lipinski definition) is 1. The molecular weight excluding hydrogens is 240 g/mol. The summed E-state index contributed by atoms with van der Waals surface area (Å²) in [6, 6.07) is 8.02. The second kappa shape index (κ2) is 6.33. The van der Waals surface area contributed by atoms with Gasteiger partial charge in [0.2, 0.25) is 0 Å². The van der Waals surface area contributed by atoms with Crippen molar-refractivity contribution in [3.8, 4) is 5.75 Å². The number of benzene rings is 1. The Bertz CT molecular complexity index is 536. The van der Waals surface area contributed by atoms with E-state index < -0.39 is 0 Å². The van der Waals surface area contributed by atoms with Gasteiger partial charge < -0.3 is 10.5 Å². The van der Waals surface area contributed by atoms with E-state index in [1.54, 1.807) is 0 Å². The van der Waals surface area contributed by atoms with Gasteiger partial charge >= 0.3 is 0 Å². The molecule has 0 aliphatic carbocycles. The van der Waals surface area contributed by atoms with E-state index in [2.05, 4.69) is 17.2 Å². The zero-order valence-corrected chi connectivity index (χ0v) is 11.5. The van der Waals surface area contributed by atoms with E-state index in [0.717, 1.165) is 23.6 Å². The number of nitrogens with two attached hydrogens (primary N) is 1. The maximum atomic E-state index is 5.71. The van der Waals surface area contributed by atoms with Crippen molar-refractivity contribution < 1.29 is 4.74 Å². The topological polar surface area (TPSA) is 66.0 Å². The number of aryl methyl sites for hydroxylation is 1. The first-order valence-corrected chi connectivity index (χ1v) is 6.55. The Morgan fingerprint density at radius 3 is 2.89 bits per heavy atom. The van der Waals surface area contributed by atoms with E-state index in [-0.39, 0.29) is 0 Å². The lowest BCUT2D eigenvalue weighted by atomic mass is 10.2. The Morgan fingerprint density at radius 1 is 1.37 bits per heavy atom. The van der Waals surface area contributed by atoms with Crippen molar-refractivity contribution in [2.75, 3.05) is 6.61 Å². The van der Waals surface area contributed by atoms with Gasteiger partial charge in [0.15, 0.2) is 0 Å². The van der Waals surface area contributed by atoms with Crippen LogP contribution in [0.3, 0.4) is 0 Å². The monoisotopic (exact) mass is 260 g/mol. The summed E-state index contributed by atoms with van der Waals surface area (Å²) < 4.78 is 7.59. The molecule has 102 valence electrons. The van der Waals surface area contributed by atoms with E-state index in [1.165, 1.54) is 5.56 Å². The Labute approximate surface area is 113 Å². The second-order valence-corrected chi connectivity index (χ2v) is 4.43. The van der Waals surface area contributed by atoms with Gasteiger partial charge in [-0.25, -0.2) is 4.68 Å². The van der Waals surface area contributed by atoms with E-state index >= 15 is 0 Å². The Balaban J connectivity index is 1.94. The van der Waals surface area contributed by atoms with Crippen LogP contribution in [0.4, 0.5) is 0 Å². The van der Waals surface area contributed by atoms with E-state index in [4.69, 9.17) is 10.5 Å². The lowest BCUT2D eigenvalue weighted by Gasteiger charge is -2.08. The third-order valence-corrected chi connectivity index (χ3v) is 3.01. The summed E-state index contributed by atoms with van der Waals surface area (Å²) in [5.74, 6) is 0.886. The Morgan fingerprint density at radius 2 is 2.21 bits per heavy atom. The number of rotatable bonds is 6. The molecule has 0 unspecified atom stereocenters. The lowest BCUT2D eigenvalue weighted by molar-refractivity contribution is 0.287. The highest BCUT2D eigenvalue weighted by atomic mass is 16.5. The van der Waals surface area contributed by atoms with Gasteiger partial charge in [0.05, 0.1) is 17.9 Å². The fraction of sp³-hybridized carbons (Fsp3) is 0.429. The molecule has 2 aromatic rings. The number of hydrogen-bond acceptors (Lipinski definition) is 4. The van der Waals surface area contributed by atoms with E-state index in [0.29, 0.717) is 19.7 Å². The van der Waals surface area contributed by atoms with E-state index in [1.807, 2.05) is 35.9 Å². The zero-order valence-electron chi connectivity index (χ0n) is 11.5. The van der Waals surface area contributed by atoms with Crippen LogP contribution in [-0.2, 0) is 19.5 Å². The van der Waals surface area contributed by atoms with Crippen molar-refractivity contribution in [2.24, 2.45) is 5.73 Å². The first-order valence-electron chi connectivity index (χ1n) is 6.55. The summed E-state index contributed by atoms with van der Waals surface area (Å²) in [4.78, 5) is 0. The smallest absolute Gasteiger partial charge is 0.119 e. The highest BCUT2D eigenvalue weighted by Crippen LogP contribution is 2.12. The molecule has 0 spiro atoms. The van der Waals surface area contributed by atoms with Crippen LogP contribution in [0.5, 0.6) is 5.75 Å². The largest absolute Gasteiger partial charge is 0.492 e. The van der Waals surface area contributed by atoms with Crippen LogP contribution in [0, 0.1) is 6.92 Å². The molecule has 0 atom stereocenters. The summed E-state index contributed by atoms with van der Waals surface area (Å²) in [6.07, 6.45) is 0.879. The molecule has 1 aromatic carbocycles. The quantitative estimate of drug-likeness (QED) is 0.858. The fourth-order valence-corrected chi connectivity index (χ4v) is 2.05. The molecule has 0 saturated heterocycles. The summed E-state index contributed by atoms with van der Waals surface area (Å²) in [7, 11) is 0. The molecule has 2 N–H and O–H groups in total. The first-order chi connectivity index (χ1) is 9.24. The van der Waals surface area contributed by atoms with Gasteiger partial charge in [0.25, 0.3) is 0 Å². The summed E-state index contributed by atoms with van der Waals surface area (Å²) in [6.45, 7) is 5.82. The Hall–Kier alpha value is -1.88. The number of nitrogens with zero attached hydrogens (tertiary/aromatic N) is 3. The molecular formula is C14H20N4O. The van der Waals surface area contributed by atoms with Gasteiger partial charge in [-0.15, -0.1) is 5.10 Å². The van der Waals surface area contributed by atoms with Crippen LogP contribution < -0.4 is 10.5 Å². The molecule has 19 heavy (non-hydrogen) atoms. The number of ether oxygens (including phenoxy) is 1. The predicted octanol–water partition coefficient (Wildman–Crippen LogP) is 1.69. The van der Waals surface area contributed by atoms with Crippen molar-refractivity contribution >= 4 is 0 Å². The lowest BCUT2D eigenvalue weighted by Crippen LogP contribution is -2.13. The van der Waals surface area contributed by atoms with Crippen molar-refractivity contribution in [3.05, 3.63) is 41.2 Å². The molecule has 0 saturated carbocycles. The second-order valence-electron chi connectivity index (χ2n) is 4.43. The van der Waals surface area contributed by atoms with Crippen LogP contribution >= 0.6 is 0 Å². The summed E-state index contributed by atoms with van der Waals surface area (Å²) in [5.41, 5.74) is 8.79. The highest BCUT2D eigenvalue weighted by molar-refractivity contribution is 5.27. The molecule has 0 amide bonds. The van der Waals surface area contributed by atoms with Gasteiger partial charge in [-0.05, 0) is 31.0 Å². The molecule has 1 aromatic heterocycles. The van der Waals surface area contributed by atoms with Crippen LogP contribution in [0.25, 0.3) is 0 Å². The van der Waals surface area contributed by atoms with Crippen molar-refractivity contribution in [2.45, 2.75) is 33.4 Å². The fourth-order valence-electron chi connectivity index (χ4n) is 2.05. The maximum absolute atomic E-state index is 5.71. The first kappa shape index (κ1) is 13.5. The van der Waals surface area contributed by atoms with Crippen molar-refractivity contribution in [1.29, 1.82) is 0 Å². The highest BCUT2D eigenvalue weighted by Gasteiger charge is 2.09. The van der Waals surface area contributed by atoms with E-state index in [9.17, 15) is 0 Å². The minimum atomic E-state index is 0.432. The van der Waals surface area contributed by atoms with Crippen LogP contribution in [0.15, 0.2) is 24.3 Å². The third kappa shape index (κ3) is 3.32. The maximum Gasteiger partial charge on any atom is 0.119 e. The molecule has 5 nitrogen and oxygen atoms in total. The van der Waals surface area contributed by atoms with Crippen LogP contribution in [-0.4, -0.2) is 21.6 Å². The van der Waals surface area contributed by atoms with Crippen LogP contribution in [0.1, 0.15) is 23.9 Å². The summed E-state index contributed by atoms with van der Waals surface area (Å²) in [5, 5.41) is 8.19. The van der Waals surface area contributed by atoms with Gasteiger partial charge in [-0.2, -0.15) is 0 Å². The minimum absolute atomic E-state index is 0.432. The molecule has 0 radical (unpaired) electrons. The average Bonchev–Trinajstić information content (AvgIpc) is 2.81. The van der Waals surface area contributed by atoms with Gasteiger partial charge in [0, 0.05) is 6.54 Å².